The molecule has 0 saturated heterocycles. The zero-order valence-electron chi connectivity index (χ0n) is 18.3. The molecule has 164 valence electrons. The lowest BCUT2D eigenvalue weighted by Gasteiger charge is -2.40. The van der Waals surface area contributed by atoms with E-state index in [2.05, 4.69) is 41.3 Å². The summed E-state index contributed by atoms with van der Waals surface area (Å²) in [7, 11) is 0. The molecule has 8 heteroatoms. The van der Waals surface area contributed by atoms with Crippen LogP contribution in [-0.4, -0.2) is 47.5 Å². The maximum atomic E-state index is 12.2. The molecule has 0 spiro atoms. The quantitative estimate of drug-likeness (QED) is 0.634. The minimum atomic E-state index is -0.0391. The minimum absolute atomic E-state index is 0.0391. The zero-order valence-corrected chi connectivity index (χ0v) is 18.3. The molecule has 1 atom stereocenters. The zero-order chi connectivity index (χ0) is 22.0. The average molecular weight is 423 g/mol. The second-order valence-corrected chi connectivity index (χ2v) is 8.84. The number of carbonyl (C=O) groups is 2. The summed E-state index contributed by atoms with van der Waals surface area (Å²) in [6.07, 6.45) is 5.72. The van der Waals surface area contributed by atoms with Gasteiger partial charge in [-0.25, -0.2) is 4.98 Å². The van der Waals surface area contributed by atoms with Crippen molar-refractivity contribution >= 4 is 35.5 Å². The molecule has 2 heterocycles. The van der Waals surface area contributed by atoms with Crippen LogP contribution in [0.3, 0.4) is 0 Å². The van der Waals surface area contributed by atoms with Gasteiger partial charge in [-0.15, -0.1) is 0 Å². The highest BCUT2D eigenvalue weighted by atomic mass is 16.2. The molecule has 0 unspecified atom stereocenters. The maximum absolute atomic E-state index is 12.2. The Morgan fingerprint density at radius 1 is 1.26 bits per heavy atom. The molecule has 1 aromatic carbocycles. The van der Waals surface area contributed by atoms with Crippen molar-refractivity contribution < 1.29 is 9.59 Å². The molecule has 8 nitrogen and oxygen atoms in total. The Balaban J connectivity index is 1.52. The summed E-state index contributed by atoms with van der Waals surface area (Å²) in [5.41, 5.74) is 2.17. The van der Waals surface area contributed by atoms with Crippen molar-refractivity contribution in [2.75, 3.05) is 28.2 Å². The maximum Gasteiger partial charge on any atom is 0.251 e. The van der Waals surface area contributed by atoms with Crippen molar-refractivity contribution in [3.05, 3.63) is 36.0 Å². The van der Waals surface area contributed by atoms with Gasteiger partial charge in [-0.2, -0.15) is 4.98 Å². The number of nitrogens with one attached hydrogen (secondary N) is 2. The lowest BCUT2D eigenvalue weighted by Crippen LogP contribution is -2.48. The highest BCUT2D eigenvalue weighted by Crippen LogP contribution is 2.34. The van der Waals surface area contributed by atoms with Crippen LogP contribution in [-0.2, 0) is 4.79 Å². The number of hydrogen-bond acceptors (Lipinski definition) is 6. The van der Waals surface area contributed by atoms with E-state index in [-0.39, 0.29) is 11.9 Å². The molecule has 2 aliphatic rings. The molecule has 1 aliphatic heterocycles. The molecule has 1 saturated carbocycles. The van der Waals surface area contributed by atoms with Crippen molar-refractivity contribution in [2.45, 2.75) is 52.1 Å². The highest BCUT2D eigenvalue weighted by molar-refractivity contribution is 5.95. The van der Waals surface area contributed by atoms with Crippen molar-refractivity contribution in [2.24, 2.45) is 5.92 Å². The molecule has 1 aliphatic carbocycles. The van der Waals surface area contributed by atoms with Gasteiger partial charge in [-0.05, 0) is 56.4 Å². The number of amides is 2. The fourth-order valence-corrected chi connectivity index (χ4v) is 3.68. The van der Waals surface area contributed by atoms with Crippen molar-refractivity contribution in [3.8, 4) is 0 Å². The molecule has 1 fully saturated rings. The van der Waals surface area contributed by atoms with Crippen LogP contribution in [0.5, 0.6) is 0 Å². The Kier molecular flexibility index (Phi) is 6.06. The van der Waals surface area contributed by atoms with Gasteiger partial charge in [0.2, 0.25) is 12.4 Å². The summed E-state index contributed by atoms with van der Waals surface area (Å²) in [5.74, 6) is 1.77. The number of anilines is 4. The van der Waals surface area contributed by atoms with E-state index in [9.17, 15) is 9.59 Å². The predicted molar refractivity (Wildman–Crippen MR) is 122 cm³/mol. The van der Waals surface area contributed by atoms with Gasteiger partial charge in [-0.3, -0.25) is 9.59 Å². The van der Waals surface area contributed by atoms with Crippen molar-refractivity contribution in [1.29, 1.82) is 0 Å². The Morgan fingerprint density at radius 3 is 2.65 bits per heavy atom. The van der Waals surface area contributed by atoms with Crippen LogP contribution >= 0.6 is 0 Å². The average Bonchev–Trinajstić information content (AvgIpc) is 3.56. The molecule has 0 radical (unpaired) electrons. The SMILES string of the molecule is CC(C)CCN1c2nc(Nc3ccc(C(=O)NC4CC4)cc3)ncc2N(C=O)C[C@H]1C. The number of benzene rings is 1. The van der Waals surface area contributed by atoms with E-state index in [0.29, 0.717) is 30.0 Å². The Bertz CT molecular complexity index is 942. The van der Waals surface area contributed by atoms with Gasteiger partial charge in [0.25, 0.3) is 5.91 Å². The van der Waals surface area contributed by atoms with E-state index < -0.39 is 0 Å². The van der Waals surface area contributed by atoms with E-state index in [4.69, 9.17) is 4.98 Å². The summed E-state index contributed by atoms with van der Waals surface area (Å²) in [4.78, 5) is 36.8. The summed E-state index contributed by atoms with van der Waals surface area (Å²) in [5, 5.41) is 6.21. The lowest BCUT2D eigenvalue weighted by molar-refractivity contribution is -0.107. The smallest absolute Gasteiger partial charge is 0.251 e. The number of rotatable bonds is 8. The Hall–Kier alpha value is -3.16. The molecule has 2 amide bonds. The Labute approximate surface area is 183 Å². The third-order valence-electron chi connectivity index (χ3n) is 5.71. The van der Waals surface area contributed by atoms with Gasteiger partial charge in [0.15, 0.2) is 5.82 Å². The summed E-state index contributed by atoms with van der Waals surface area (Å²) in [6, 6.07) is 7.79. The third kappa shape index (κ3) is 4.95. The Morgan fingerprint density at radius 2 is 2.00 bits per heavy atom. The summed E-state index contributed by atoms with van der Waals surface area (Å²) < 4.78 is 0. The normalized spacial score (nSPS) is 18.0. The van der Waals surface area contributed by atoms with Gasteiger partial charge in [-0.1, -0.05) is 13.8 Å². The fraction of sp³-hybridized carbons (Fsp3) is 0.478. The van der Waals surface area contributed by atoms with Gasteiger partial charge in [0, 0.05) is 36.4 Å². The monoisotopic (exact) mass is 422 g/mol. The molecule has 1 aromatic heterocycles. The van der Waals surface area contributed by atoms with Crippen LogP contribution < -0.4 is 20.4 Å². The standard InChI is InChI=1S/C23H30N6O2/c1-15(2)10-11-29-16(3)13-28(14-30)20-12-24-23(27-21(20)29)26-19-6-4-17(5-7-19)22(31)25-18-8-9-18/h4-7,12,14-16,18H,8-11,13H2,1-3H3,(H,25,31)(H,24,26,27)/t16-/m1/s1. The first kappa shape index (κ1) is 21.1. The largest absolute Gasteiger partial charge is 0.350 e. The second kappa shape index (κ2) is 8.91. The lowest BCUT2D eigenvalue weighted by atomic mass is 10.1. The molecule has 4 rings (SSSR count). The molecule has 0 bridgehead atoms. The van der Waals surface area contributed by atoms with Gasteiger partial charge < -0.3 is 20.4 Å². The van der Waals surface area contributed by atoms with Crippen LogP contribution in [0.4, 0.5) is 23.1 Å². The van der Waals surface area contributed by atoms with E-state index in [1.54, 1.807) is 23.2 Å². The van der Waals surface area contributed by atoms with E-state index in [1.165, 1.54) is 0 Å². The first-order chi connectivity index (χ1) is 14.9. The number of hydrogen-bond donors (Lipinski definition) is 2. The topological polar surface area (TPSA) is 90.5 Å². The summed E-state index contributed by atoms with van der Waals surface area (Å²) >= 11 is 0. The second-order valence-electron chi connectivity index (χ2n) is 8.84. The van der Waals surface area contributed by atoms with Gasteiger partial charge in [0.05, 0.1) is 6.20 Å². The molecular weight excluding hydrogens is 392 g/mol. The van der Waals surface area contributed by atoms with Crippen molar-refractivity contribution in [1.82, 2.24) is 15.3 Å². The van der Waals surface area contributed by atoms with Crippen molar-refractivity contribution in [3.63, 3.8) is 0 Å². The van der Waals surface area contributed by atoms with Crippen LogP contribution in [0, 0.1) is 5.92 Å². The minimum Gasteiger partial charge on any atom is -0.350 e. The van der Waals surface area contributed by atoms with E-state index in [1.807, 2.05) is 12.1 Å². The molecule has 2 N–H and O–H groups in total. The van der Waals surface area contributed by atoms with E-state index >= 15 is 0 Å². The third-order valence-corrected chi connectivity index (χ3v) is 5.71. The fourth-order valence-electron chi connectivity index (χ4n) is 3.68. The number of nitrogens with zero attached hydrogens (tertiary/aromatic N) is 4. The predicted octanol–water partition coefficient (Wildman–Crippen LogP) is 3.33. The molecule has 31 heavy (non-hydrogen) atoms. The van der Waals surface area contributed by atoms with Gasteiger partial charge >= 0.3 is 0 Å². The van der Waals surface area contributed by atoms with Crippen LogP contribution in [0.2, 0.25) is 0 Å². The van der Waals surface area contributed by atoms with Crippen LogP contribution in [0.15, 0.2) is 30.5 Å². The van der Waals surface area contributed by atoms with Crippen LogP contribution in [0.1, 0.15) is 50.4 Å². The number of fused-ring (bicyclic) bond motifs is 1. The first-order valence-corrected chi connectivity index (χ1v) is 11.0. The molecule has 2 aromatic rings. The highest BCUT2D eigenvalue weighted by Gasteiger charge is 2.30. The summed E-state index contributed by atoms with van der Waals surface area (Å²) in [6.45, 7) is 8.01. The van der Waals surface area contributed by atoms with Crippen LogP contribution in [0.25, 0.3) is 0 Å². The molecular formula is C23H30N6O2. The number of carbonyl (C=O) groups excluding carboxylic acids is 2. The number of aromatic nitrogens is 2. The van der Waals surface area contributed by atoms with Gasteiger partial charge in [0.1, 0.15) is 5.69 Å². The first-order valence-electron chi connectivity index (χ1n) is 11.0. The van der Waals surface area contributed by atoms with E-state index in [0.717, 1.165) is 49.4 Å².